The van der Waals surface area contributed by atoms with E-state index in [9.17, 15) is 0 Å². The van der Waals surface area contributed by atoms with Crippen molar-refractivity contribution in [1.29, 1.82) is 0 Å². The highest BCUT2D eigenvalue weighted by Gasteiger charge is 2.31. The first-order valence-electron chi connectivity index (χ1n) is 6.74. The third-order valence-electron chi connectivity index (χ3n) is 3.80. The maximum Gasteiger partial charge on any atom is 0.0406 e. The van der Waals surface area contributed by atoms with Crippen LogP contribution in [-0.4, -0.2) is 0 Å². The van der Waals surface area contributed by atoms with Crippen LogP contribution in [0.5, 0.6) is 0 Å². The van der Waals surface area contributed by atoms with E-state index in [2.05, 4.69) is 35.1 Å². The summed E-state index contributed by atoms with van der Waals surface area (Å²) in [4.78, 5) is 0. The Morgan fingerprint density at radius 3 is 2.58 bits per heavy atom. The Hall–Kier alpha value is -0.830. The lowest BCUT2D eigenvalue weighted by molar-refractivity contribution is 0.480. The van der Waals surface area contributed by atoms with Crippen LogP contribution in [0.1, 0.15) is 35.6 Å². The standard InChI is InChI=1S/C16H18ClNS/c1-11-9-19-10-14(11)8-18-16(12-2-3-12)13-4-6-15(17)7-5-13/h4-7,9-10,12,16,18H,2-3,8H2,1H3. The molecular formula is C16H18ClNS. The second kappa shape index (κ2) is 5.66. The molecule has 1 aromatic carbocycles. The van der Waals surface area contributed by atoms with E-state index >= 15 is 0 Å². The van der Waals surface area contributed by atoms with Gasteiger partial charge in [-0.05, 0) is 65.3 Å². The van der Waals surface area contributed by atoms with E-state index in [4.69, 9.17) is 11.6 Å². The van der Waals surface area contributed by atoms with Gasteiger partial charge >= 0.3 is 0 Å². The number of nitrogens with one attached hydrogen (secondary N) is 1. The summed E-state index contributed by atoms with van der Waals surface area (Å²) in [5, 5.41) is 8.99. The Bertz CT molecular complexity index is 542. The fourth-order valence-electron chi connectivity index (χ4n) is 2.44. The van der Waals surface area contributed by atoms with Gasteiger partial charge in [0.05, 0.1) is 0 Å². The van der Waals surface area contributed by atoms with Gasteiger partial charge in [-0.1, -0.05) is 23.7 Å². The molecule has 0 aliphatic heterocycles. The minimum atomic E-state index is 0.469. The van der Waals surface area contributed by atoms with Crippen molar-refractivity contribution in [2.75, 3.05) is 0 Å². The molecule has 1 nitrogen and oxygen atoms in total. The van der Waals surface area contributed by atoms with Gasteiger partial charge in [-0.2, -0.15) is 11.3 Å². The SMILES string of the molecule is Cc1cscc1CNC(c1ccc(Cl)cc1)C1CC1. The third kappa shape index (κ3) is 3.19. The van der Waals surface area contributed by atoms with E-state index in [1.165, 1.54) is 29.5 Å². The topological polar surface area (TPSA) is 12.0 Å². The van der Waals surface area contributed by atoms with E-state index in [1.807, 2.05) is 12.1 Å². The van der Waals surface area contributed by atoms with Crippen molar-refractivity contribution in [3.63, 3.8) is 0 Å². The molecule has 0 saturated heterocycles. The van der Waals surface area contributed by atoms with Crippen LogP contribution in [-0.2, 0) is 6.54 Å². The molecule has 3 rings (SSSR count). The monoisotopic (exact) mass is 291 g/mol. The summed E-state index contributed by atoms with van der Waals surface area (Å²) < 4.78 is 0. The molecule has 1 N–H and O–H groups in total. The molecule has 1 fully saturated rings. The Morgan fingerprint density at radius 1 is 1.26 bits per heavy atom. The minimum Gasteiger partial charge on any atom is -0.306 e. The molecule has 0 bridgehead atoms. The average molecular weight is 292 g/mol. The smallest absolute Gasteiger partial charge is 0.0406 e. The first-order chi connectivity index (χ1) is 9.24. The first-order valence-corrected chi connectivity index (χ1v) is 8.06. The summed E-state index contributed by atoms with van der Waals surface area (Å²) in [6.45, 7) is 3.14. The van der Waals surface area contributed by atoms with Gasteiger partial charge in [0.2, 0.25) is 0 Å². The molecule has 1 aliphatic carbocycles. The molecule has 1 aromatic heterocycles. The van der Waals surface area contributed by atoms with Gasteiger partial charge in [0.1, 0.15) is 0 Å². The zero-order valence-electron chi connectivity index (χ0n) is 11.0. The molecule has 1 unspecified atom stereocenters. The number of aryl methyl sites for hydroxylation is 1. The highest BCUT2D eigenvalue weighted by molar-refractivity contribution is 7.08. The van der Waals surface area contributed by atoms with Crippen LogP contribution in [0.2, 0.25) is 5.02 Å². The molecular weight excluding hydrogens is 274 g/mol. The lowest BCUT2D eigenvalue weighted by Crippen LogP contribution is -2.22. The number of hydrogen-bond donors (Lipinski definition) is 1. The minimum absolute atomic E-state index is 0.469. The van der Waals surface area contributed by atoms with Crippen LogP contribution in [0, 0.1) is 12.8 Å². The summed E-state index contributed by atoms with van der Waals surface area (Å²) in [5.74, 6) is 0.792. The summed E-state index contributed by atoms with van der Waals surface area (Å²) in [6.07, 6.45) is 2.67. The van der Waals surface area contributed by atoms with Crippen LogP contribution < -0.4 is 5.32 Å². The van der Waals surface area contributed by atoms with Crippen molar-refractivity contribution in [3.05, 3.63) is 56.7 Å². The highest BCUT2D eigenvalue weighted by atomic mass is 35.5. The summed E-state index contributed by atoms with van der Waals surface area (Å²) >= 11 is 7.75. The maximum atomic E-state index is 5.97. The van der Waals surface area contributed by atoms with E-state index in [0.717, 1.165) is 17.5 Å². The largest absolute Gasteiger partial charge is 0.306 e. The molecule has 1 heterocycles. The Kier molecular flexibility index (Phi) is 3.92. The van der Waals surface area contributed by atoms with Crippen LogP contribution >= 0.6 is 22.9 Å². The third-order valence-corrected chi connectivity index (χ3v) is 4.96. The van der Waals surface area contributed by atoms with E-state index in [1.54, 1.807) is 11.3 Å². The lowest BCUT2D eigenvalue weighted by atomic mass is 10.0. The molecule has 100 valence electrons. The first kappa shape index (κ1) is 13.2. The molecule has 1 saturated carbocycles. The fourth-order valence-corrected chi connectivity index (χ4v) is 3.43. The van der Waals surface area contributed by atoms with Gasteiger partial charge in [-0.15, -0.1) is 0 Å². The van der Waals surface area contributed by atoms with E-state index < -0.39 is 0 Å². The van der Waals surface area contributed by atoms with Crippen molar-refractivity contribution in [2.45, 2.75) is 32.4 Å². The molecule has 0 spiro atoms. The molecule has 19 heavy (non-hydrogen) atoms. The number of halogens is 1. The number of hydrogen-bond acceptors (Lipinski definition) is 2. The second-order valence-corrected chi connectivity index (χ2v) is 6.51. The summed E-state index contributed by atoms with van der Waals surface area (Å²) in [7, 11) is 0. The van der Waals surface area contributed by atoms with Crippen molar-refractivity contribution in [2.24, 2.45) is 5.92 Å². The summed E-state index contributed by atoms with van der Waals surface area (Å²) in [6, 6.07) is 8.75. The van der Waals surface area contributed by atoms with Gasteiger partial charge in [0.15, 0.2) is 0 Å². The quantitative estimate of drug-likeness (QED) is 0.822. The average Bonchev–Trinajstić information content (AvgIpc) is 3.16. The van der Waals surface area contributed by atoms with Crippen LogP contribution in [0.25, 0.3) is 0 Å². The Labute approximate surface area is 123 Å². The molecule has 3 heteroatoms. The molecule has 0 amide bonds. The number of benzene rings is 1. The van der Waals surface area contributed by atoms with Gasteiger partial charge in [-0.25, -0.2) is 0 Å². The highest BCUT2D eigenvalue weighted by Crippen LogP contribution is 2.41. The second-order valence-electron chi connectivity index (χ2n) is 5.33. The van der Waals surface area contributed by atoms with Crippen molar-refractivity contribution in [1.82, 2.24) is 5.32 Å². The summed E-state index contributed by atoms with van der Waals surface area (Å²) in [5.41, 5.74) is 4.17. The van der Waals surface area contributed by atoms with Crippen molar-refractivity contribution >= 4 is 22.9 Å². The van der Waals surface area contributed by atoms with Gasteiger partial charge in [0, 0.05) is 17.6 Å². The molecule has 1 aliphatic rings. The number of rotatable bonds is 5. The van der Waals surface area contributed by atoms with Crippen molar-refractivity contribution in [3.8, 4) is 0 Å². The van der Waals surface area contributed by atoms with Gasteiger partial charge < -0.3 is 5.32 Å². The fraction of sp³-hybridized carbons (Fsp3) is 0.375. The Balaban J connectivity index is 1.71. The molecule has 1 atom stereocenters. The zero-order valence-corrected chi connectivity index (χ0v) is 12.6. The van der Waals surface area contributed by atoms with Crippen LogP contribution in [0.15, 0.2) is 35.0 Å². The molecule has 0 radical (unpaired) electrons. The normalized spacial score (nSPS) is 16.5. The van der Waals surface area contributed by atoms with Crippen LogP contribution in [0.3, 0.4) is 0 Å². The van der Waals surface area contributed by atoms with E-state index in [0.29, 0.717) is 6.04 Å². The molecule has 2 aromatic rings. The lowest BCUT2D eigenvalue weighted by Gasteiger charge is -2.19. The van der Waals surface area contributed by atoms with Crippen LogP contribution in [0.4, 0.5) is 0 Å². The van der Waals surface area contributed by atoms with Gasteiger partial charge in [-0.3, -0.25) is 0 Å². The predicted molar refractivity (Wildman–Crippen MR) is 82.8 cm³/mol. The maximum absolute atomic E-state index is 5.97. The van der Waals surface area contributed by atoms with Gasteiger partial charge in [0.25, 0.3) is 0 Å². The van der Waals surface area contributed by atoms with E-state index in [-0.39, 0.29) is 0 Å². The zero-order chi connectivity index (χ0) is 13.2. The Morgan fingerprint density at radius 2 is 2.00 bits per heavy atom. The predicted octanol–water partition coefficient (Wildman–Crippen LogP) is 4.95. The van der Waals surface area contributed by atoms with Crippen molar-refractivity contribution < 1.29 is 0 Å². The number of thiophene rings is 1.